The van der Waals surface area contributed by atoms with Crippen molar-refractivity contribution in [2.45, 2.75) is 109 Å². The number of allylic oxidation sites excluding steroid dienone is 7. The molecule has 0 spiro atoms. The Kier molecular flexibility index (Phi) is 14.8. The van der Waals surface area contributed by atoms with Crippen LogP contribution in [0.2, 0.25) is 0 Å². The summed E-state index contributed by atoms with van der Waals surface area (Å²) in [6.45, 7) is 20.7. The molecule has 1 aromatic rings. The van der Waals surface area contributed by atoms with Crippen LogP contribution >= 0.6 is 42.4 Å². The molecule has 0 radical (unpaired) electrons. The first-order valence-corrected chi connectivity index (χ1v) is 20.1. The van der Waals surface area contributed by atoms with Gasteiger partial charge in [-0.1, -0.05) is 0 Å². The molecule has 37 heavy (non-hydrogen) atoms. The fourth-order valence-electron chi connectivity index (χ4n) is 5.70. The summed E-state index contributed by atoms with van der Waals surface area (Å²) in [5, 5.41) is 0. The number of hydrogen-bond donors (Lipinski definition) is 0. The van der Waals surface area contributed by atoms with E-state index in [2.05, 4.69) is 120 Å². The molecule has 0 saturated carbocycles. The molecule has 1 aliphatic rings. The predicted molar refractivity (Wildman–Crippen MR) is 186 cm³/mol. The van der Waals surface area contributed by atoms with Crippen molar-refractivity contribution in [1.29, 1.82) is 0 Å². The van der Waals surface area contributed by atoms with Gasteiger partial charge in [-0.2, -0.15) is 0 Å². The molecular weight excluding hydrogens is 674 g/mol. The van der Waals surface area contributed by atoms with Crippen molar-refractivity contribution in [2.75, 3.05) is 8.86 Å². The summed E-state index contributed by atoms with van der Waals surface area (Å²) in [6.07, 6.45) is 20.0. The molecule has 0 aliphatic carbocycles. The predicted octanol–water partition coefficient (Wildman–Crippen LogP) is 11.9. The quantitative estimate of drug-likeness (QED) is 0.0774. The number of hydrogen-bond acceptors (Lipinski definition) is 0. The number of alkyl halides is 3. The van der Waals surface area contributed by atoms with E-state index in [-0.39, 0.29) is 5.41 Å². The molecule has 1 heterocycles. The van der Waals surface area contributed by atoms with Crippen LogP contribution in [0.3, 0.4) is 0 Å². The molecule has 0 nitrogen and oxygen atoms in total. The Bertz CT molecular complexity index is 901. The van der Waals surface area contributed by atoms with Crippen molar-refractivity contribution in [3.8, 4) is 0 Å². The summed E-state index contributed by atoms with van der Waals surface area (Å²) in [4.78, 5) is 0. The van der Waals surface area contributed by atoms with E-state index in [0.29, 0.717) is 5.92 Å². The van der Waals surface area contributed by atoms with Gasteiger partial charge in [0.05, 0.1) is 0 Å². The van der Waals surface area contributed by atoms with E-state index >= 15 is 0 Å². The molecule has 1 atom stereocenters. The molecule has 2 heteroatoms. The van der Waals surface area contributed by atoms with Crippen LogP contribution in [0.15, 0.2) is 71.9 Å². The molecule has 0 aromatic heterocycles. The van der Waals surface area contributed by atoms with E-state index in [0.717, 1.165) is 9.84 Å². The molecule has 1 saturated heterocycles. The first-order chi connectivity index (χ1) is 17.6. The fraction of sp³-hybridized carbons (Fsp3) is 0.600. The van der Waals surface area contributed by atoms with E-state index in [1.54, 1.807) is 16.7 Å². The summed E-state index contributed by atoms with van der Waals surface area (Å²) in [5.74, 6) is 1.46. The Morgan fingerprint density at radius 3 is 2.16 bits per heavy atom. The van der Waals surface area contributed by atoms with E-state index in [9.17, 15) is 0 Å². The van der Waals surface area contributed by atoms with Crippen LogP contribution in [0.1, 0.15) is 105 Å². The third-order valence-electron chi connectivity index (χ3n) is 8.25. The minimum absolute atomic E-state index is 0.217. The first-order valence-electron chi connectivity index (χ1n) is 14.7. The Balaban J connectivity index is 2.19. The maximum absolute atomic E-state index is 4.08. The van der Waals surface area contributed by atoms with Crippen LogP contribution in [-0.2, 0) is 5.41 Å². The summed E-state index contributed by atoms with van der Waals surface area (Å²) in [5.41, 5.74) is 6.45. The van der Waals surface area contributed by atoms with Gasteiger partial charge in [-0.05, 0) is 0 Å². The van der Waals surface area contributed by atoms with Gasteiger partial charge in [0, 0.05) is 0 Å². The van der Waals surface area contributed by atoms with Crippen molar-refractivity contribution >= 4 is 42.4 Å². The van der Waals surface area contributed by atoms with Gasteiger partial charge in [-0.25, -0.2) is 0 Å². The zero-order valence-electron chi connectivity index (χ0n) is 24.9. The molecule has 0 N–H and O–H groups in total. The molecule has 1 fully saturated rings. The average Bonchev–Trinajstić information content (AvgIpc) is 2.88. The van der Waals surface area contributed by atoms with Crippen molar-refractivity contribution in [3.05, 3.63) is 81.0 Å². The second kappa shape index (κ2) is 16.7. The second-order valence-electron chi connectivity index (χ2n) is 11.7. The Hall–Kier alpha value is -0.360. The molecule has 1 unspecified atom stereocenters. The van der Waals surface area contributed by atoms with Gasteiger partial charge < -0.3 is 0 Å². The Labute approximate surface area is 251 Å². The van der Waals surface area contributed by atoms with Crippen molar-refractivity contribution in [3.63, 3.8) is 0 Å². The normalized spacial score (nSPS) is 18.4. The van der Waals surface area contributed by atoms with E-state index < -0.39 is 19.8 Å². The molecule has 1 aromatic carbocycles. The summed E-state index contributed by atoms with van der Waals surface area (Å²) in [6, 6.07) is 9.28. The van der Waals surface area contributed by atoms with Crippen LogP contribution in [-0.4, -0.2) is 12.8 Å². The Morgan fingerprint density at radius 1 is 1.05 bits per heavy atom. The number of benzene rings is 1. The van der Waals surface area contributed by atoms with Gasteiger partial charge in [0.2, 0.25) is 0 Å². The summed E-state index contributed by atoms with van der Waals surface area (Å²) in [7, 11) is 0. The topological polar surface area (TPSA) is 0 Å². The van der Waals surface area contributed by atoms with E-state index in [4.69, 9.17) is 0 Å². The van der Waals surface area contributed by atoms with E-state index in [1.165, 1.54) is 69.4 Å². The number of rotatable bonds is 14. The van der Waals surface area contributed by atoms with Crippen LogP contribution in [0, 0.1) is 15.4 Å². The molecular formula is C35H54I2. The minimum atomic E-state index is -1.09. The fourth-order valence-corrected chi connectivity index (χ4v) is 14.2. The zero-order valence-corrected chi connectivity index (χ0v) is 29.2. The van der Waals surface area contributed by atoms with Gasteiger partial charge in [0.15, 0.2) is 0 Å². The maximum atomic E-state index is 4.08. The first kappa shape index (κ1) is 32.8. The molecule has 208 valence electrons. The monoisotopic (exact) mass is 728 g/mol. The molecule has 0 bridgehead atoms. The standard InChI is InChI=1S/C35H54I2/c1-9-13-29(14-10-2)28(6)25-31(15-11-3)30-20-22-37(23-21-30)34(24-27(5)12-4)26-35(7,8)32-16-18-33(36)19-17-32/h11,15-19,24-25,29-30,34H,3,9-10,12-14,20-23,26H2,1-2,4-8H3/b27-24+,28-25+,31-15+. The number of halogens is 2. The van der Waals surface area contributed by atoms with Crippen LogP contribution in [0.25, 0.3) is 0 Å². The third-order valence-corrected chi connectivity index (χ3v) is 16.0. The zero-order chi connectivity index (χ0) is 27.4. The van der Waals surface area contributed by atoms with Crippen LogP contribution < -0.4 is 0 Å². The van der Waals surface area contributed by atoms with Gasteiger partial charge in [0.1, 0.15) is 0 Å². The molecule has 1 aliphatic heterocycles. The Morgan fingerprint density at radius 2 is 1.65 bits per heavy atom. The van der Waals surface area contributed by atoms with Crippen molar-refractivity contribution in [1.82, 2.24) is 0 Å². The molecule has 2 rings (SSSR count). The van der Waals surface area contributed by atoms with E-state index in [1.807, 2.05) is 6.08 Å². The van der Waals surface area contributed by atoms with Crippen molar-refractivity contribution < 1.29 is 0 Å². The van der Waals surface area contributed by atoms with Crippen LogP contribution in [0.5, 0.6) is 0 Å². The summed E-state index contributed by atoms with van der Waals surface area (Å²) >= 11 is 1.34. The SMILES string of the molecule is C=C/C=C(\C=C(/C)C(CCC)CCC)C1CCI(C(/C=C(\C)CC)CC(C)(C)c2ccc(I)cc2)CC1. The average molecular weight is 729 g/mol. The van der Waals surface area contributed by atoms with Gasteiger partial charge >= 0.3 is 253 Å². The third kappa shape index (κ3) is 10.6. The van der Waals surface area contributed by atoms with Crippen molar-refractivity contribution in [2.24, 2.45) is 11.8 Å². The van der Waals surface area contributed by atoms with Crippen LogP contribution in [0.4, 0.5) is 0 Å². The van der Waals surface area contributed by atoms with Gasteiger partial charge in [-0.3, -0.25) is 0 Å². The molecule has 0 amide bonds. The second-order valence-corrected chi connectivity index (χ2v) is 19.5. The van der Waals surface area contributed by atoms with Gasteiger partial charge in [-0.15, -0.1) is 0 Å². The van der Waals surface area contributed by atoms with Gasteiger partial charge in [0.25, 0.3) is 0 Å². The summed E-state index contributed by atoms with van der Waals surface area (Å²) < 4.78 is 5.11.